The van der Waals surface area contributed by atoms with Crippen molar-refractivity contribution in [3.63, 3.8) is 0 Å². The van der Waals surface area contributed by atoms with Crippen LogP contribution in [0.15, 0.2) is 38.5 Å². The lowest BCUT2D eigenvalue weighted by molar-refractivity contribution is 0.741. The molecule has 0 aliphatic heterocycles. The van der Waals surface area contributed by atoms with E-state index < -0.39 is 0 Å². The maximum absolute atomic E-state index is 11.4. The Morgan fingerprint density at radius 1 is 1.50 bits per heavy atom. The molecule has 2 aromatic heterocycles. The summed E-state index contributed by atoms with van der Waals surface area (Å²) in [6.07, 6.45) is 1.77. The molecule has 0 N–H and O–H groups in total. The largest absolute Gasteiger partial charge is 0.308 e. The number of hydrogen-bond donors (Lipinski definition) is 0. The van der Waals surface area contributed by atoms with E-state index in [9.17, 15) is 4.79 Å². The molecule has 0 spiro atoms. The first-order valence-corrected chi connectivity index (χ1v) is 5.72. The van der Waals surface area contributed by atoms with Crippen molar-refractivity contribution in [3.05, 3.63) is 49.7 Å². The van der Waals surface area contributed by atoms with Gasteiger partial charge in [-0.2, -0.15) is 0 Å². The van der Waals surface area contributed by atoms with E-state index in [2.05, 4.69) is 20.9 Å². The molecule has 0 aromatic carbocycles. The van der Waals surface area contributed by atoms with E-state index in [-0.39, 0.29) is 5.56 Å². The molecule has 2 rings (SSSR count). The summed E-state index contributed by atoms with van der Waals surface area (Å²) in [4.78, 5) is 15.5. The maximum Gasteiger partial charge on any atom is 0.250 e. The Balaban J connectivity index is 2.33. The van der Waals surface area contributed by atoms with Gasteiger partial charge in [0, 0.05) is 22.1 Å². The Morgan fingerprint density at radius 3 is 3.07 bits per heavy atom. The van der Waals surface area contributed by atoms with Crippen LogP contribution in [0.2, 0.25) is 0 Å². The number of nitrogens with zero attached hydrogens (tertiary/aromatic N) is 2. The van der Waals surface area contributed by atoms with Crippen LogP contribution >= 0.6 is 27.3 Å². The molecule has 5 heteroatoms. The Labute approximate surface area is 93.2 Å². The van der Waals surface area contributed by atoms with Crippen molar-refractivity contribution in [1.82, 2.24) is 9.55 Å². The van der Waals surface area contributed by atoms with E-state index >= 15 is 0 Å². The fourth-order valence-corrected chi connectivity index (χ4v) is 2.04. The maximum atomic E-state index is 11.4. The van der Waals surface area contributed by atoms with Crippen molar-refractivity contribution in [2.75, 3.05) is 0 Å². The molecule has 0 aliphatic carbocycles. The van der Waals surface area contributed by atoms with Crippen LogP contribution in [0.25, 0.3) is 0 Å². The van der Waals surface area contributed by atoms with E-state index in [0.29, 0.717) is 6.54 Å². The third-order valence-corrected chi connectivity index (χ3v) is 2.87. The van der Waals surface area contributed by atoms with Gasteiger partial charge in [-0.1, -0.05) is 0 Å². The first kappa shape index (κ1) is 9.61. The first-order valence-electron chi connectivity index (χ1n) is 3.99. The summed E-state index contributed by atoms with van der Waals surface area (Å²) in [7, 11) is 0. The van der Waals surface area contributed by atoms with Crippen LogP contribution in [-0.2, 0) is 6.54 Å². The highest BCUT2D eigenvalue weighted by molar-refractivity contribution is 9.10. The quantitative estimate of drug-likeness (QED) is 0.838. The molecule has 0 amide bonds. The van der Waals surface area contributed by atoms with E-state index in [1.807, 2.05) is 5.38 Å². The molecule has 0 bridgehead atoms. The standard InChI is InChI=1S/C9H7BrN2OS/c10-7-1-2-9(13)12(3-7)4-8-5-14-6-11-8/h1-3,5-6H,4H2. The predicted molar refractivity (Wildman–Crippen MR) is 59.6 cm³/mol. The summed E-state index contributed by atoms with van der Waals surface area (Å²) in [5, 5.41) is 1.94. The Bertz CT molecular complexity index is 478. The van der Waals surface area contributed by atoms with Crippen LogP contribution < -0.4 is 5.56 Å². The molecule has 0 atom stereocenters. The number of halogens is 1. The summed E-state index contributed by atoms with van der Waals surface area (Å²) in [5.74, 6) is 0. The van der Waals surface area contributed by atoms with Gasteiger partial charge in [0.15, 0.2) is 0 Å². The van der Waals surface area contributed by atoms with E-state index in [1.54, 1.807) is 22.3 Å². The fourth-order valence-electron chi connectivity index (χ4n) is 1.12. The van der Waals surface area contributed by atoms with Gasteiger partial charge in [0.05, 0.1) is 17.7 Å². The van der Waals surface area contributed by atoms with Crippen LogP contribution in [0.4, 0.5) is 0 Å². The molecule has 0 saturated heterocycles. The lowest BCUT2D eigenvalue weighted by Gasteiger charge is -2.02. The second-order valence-electron chi connectivity index (χ2n) is 2.79. The fraction of sp³-hybridized carbons (Fsp3) is 0.111. The van der Waals surface area contributed by atoms with E-state index in [0.717, 1.165) is 10.2 Å². The monoisotopic (exact) mass is 270 g/mol. The summed E-state index contributed by atoms with van der Waals surface area (Å²) in [5.41, 5.74) is 2.66. The second kappa shape index (κ2) is 4.06. The summed E-state index contributed by atoms with van der Waals surface area (Å²) < 4.78 is 2.52. The average Bonchev–Trinajstić information content (AvgIpc) is 2.64. The summed E-state index contributed by atoms with van der Waals surface area (Å²) >= 11 is 4.85. The zero-order chi connectivity index (χ0) is 9.97. The van der Waals surface area contributed by atoms with Gasteiger partial charge in [0.1, 0.15) is 0 Å². The molecule has 0 unspecified atom stereocenters. The predicted octanol–water partition coefficient (Wildman–Crippen LogP) is 2.12. The molecular weight excluding hydrogens is 264 g/mol. The zero-order valence-electron chi connectivity index (χ0n) is 7.18. The third-order valence-electron chi connectivity index (χ3n) is 1.76. The van der Waals surface area contributed by atoms with Gasteiger partial charge in [-0.3, -0.25) is 4.79 Å². The molecular formula is C9H7BrN2OS. The van der Waals surface area contributed by atoms with Crippen molar-refractivity contribution < 1.29 is 0 Å². The van der Waals surface area contributed by atoms with E-state index in [1.165, 1.54) is 17.4 Å². The molecule has 0 fully saturated rings. The van der Waals surface area contributed by atoms with Crippen molar-refractivity contribution >= 4 is 27.3 Å². The third kappa shape index (κ3) is 2.10. The van der Waals surface area contributed by atoms with Crippen molar-refractivity contribution in [2.45, 2.75) is 6.54 Å². The SMILES string of the molecule is O=c1ccc(Br)cn1Cc1cscn1. The minimum absolute atomic E-state index is 0.0128. The van der Waals surface area contributed by atoms with Crippen LogP contribution in [0.5, 0.6) is 0 Å². The topological polar surface area (TPSA) is 34.9 Å². The second-order valence-corrected chi connectivity index (χ2v) is 4.43. The Kier molecular flexibility index (Phi) is 2.79. The van der Waals surface area contributed by atoms with Crippen molar-refractivity contribution in [1.29, 1.82) is 0 Å². The van der Waals surface area contributed by atoms with Gasteiger partial charge in [-0.05, 0) is 22.0 Å². The summed E-state index contributed by atoms with van der Waals surface area (Å²) in [6, 6.07) is 3.27. The number of hydrogen-bond acceptors (Lipinski definition) is 3. The minimum atomic E-state index is -0.0128. The molecule has 2 aromatic rings. The van der Waals surface area contributed by atoms with Gasteiger partial charge in [-0.15, -0.1) is 11.3 Å². The van der Waals surface area contributed by atoms with Crippen LogP contribution in [-0.4, -0.2) is 9.55 Å². The molecule has 72 valence electrons. The van der Waals surface area contributed by atoms with Gasteiger partial charge in [-0.25, -0.2) is 4.98 Å². The summed E-state index contributed by atoms with van der Waals surface area (Å²) in [6.45, 7) is 0.530. The highest BCUT2D eigenvalue weighted by Gasteiger charge is 1.99. The number of aromatic nitrogens is 2. The van der Waals surface area contributed by atoms with Crippen LogP contribution in [0.3, 0.4) is 0 Å². The Morgan fingerprint density at radius 2 is 2.36 bits per heavy atom. The van der Waals surface area contributed by atoms with Crippen LogP contribution in [0, 0.1) is 0 Å². The van der Waals surface area contributed by atoms with Gasteiger partial charge in [0.25, 0.3) is 5.56 Å². The average molecular weight is 271 g/mol. The van der Waals surface area contributed by atoms with Gasteiger partial charge >= 0.3 is 0 Å². The number of pyridine rings is 1. The van der Waals surface area contributed by atoms with Crippen molar-refractivity contribution in [2.24, 2.45) is 0 Å². The smallest absolute Gasteiger partial charge is 0.250 e. The molecule has 2 heterocycles. The van der Waals surface area contributed by atoms with E-state index in [4.69, 9.17) is 0 Å². The number of thiazole rings is 1. The normalized spacial score (nSPS) is 10.4. The lowest BCUT2D eigenvalue weighted by atomic mass is 10.4. The molecule has 0 radical (unpaired) electrons. The highest BCUT2D eigenvalue weighted by atomic mass is 79.9. The highest BCUT2D eigenvalue weighted by Crippen LogP contribution is 2.07. The molecule has 3 nitrogen and oxygen atoms in total. The van der Waals surface area contributed by atoms with Crippen LogP contribution in [0.1, 0.15) is 5.69 Å². The minimum Gasteiger partial charge on any atom is -0.308 e. The molecule has 14 heavy (non-hydrogen) atoms. The molecule has 0 saturated carbocycles. The van der Waals surface area contributed by atoms with Gasteiger partial charge in [0.2, 0.25) is 0 Å². The lowest BCUT2D eigenvalue weighted by Crippen LogP contribution is -2.18. The molecule has 0 aliphatic rings. The first-order chi connectivity index (χ1) is 6.75. The number of rotatable bonds is 2. The zero-order valence-corrected chi connectivity index (χ0v) is 9.59. The van der Waals surface area contributed by atoms with Crippen molar-refractivity contribution in [3.8, 4) is 0 Å². The Hall–Kier alpha value is -0.940. The van der Waals surface area contributed by atoms with Gasteiger partial charge < -0.3 is 4.57 Å².